The van der Waals surface area contributed by atoms with Crippen molar-refractivity contribution in [1.82, 2.24) is 19.9 Å². The van der Waals surface area contributed by atoms with Crippen LogP contribution in [0.4, 0.5) is 0 Å². The van der Waals surface area contributed by atoms with Gasteiger partial charge in [0, 0.05) is 36.2 Å². The SMILES string of the molecule is O=C(CSc1ccncc1)N1CCCC(Oc2cnccn2)C1. The fourth-order valence-electron chi connectivity index (χ4n) is 2.45. The molecular formula is C16H18N4O2S. The Balaban J connectivity index is 1.50. The zero-order valence-corrected chi connectivity index (χ0v) is 13.5. The smallest absolute Gasteiger partial charge is 0.233 e. The van der Waals surface area contributed by atoms with Gasteiger partial charge in [0.25, 0.3) is 0 Å². The first-order chi connectivity index (χ1) is 11.3. The van der Waals surface area contributed by atoms with Crippen molar-refractivity contribution >= 4 is 17.7 Å². The van der Waals surface area contributed by atoms with E-state index in [9.17, 15) is 4.79 Å². The maximum Gasteiger partial charge on any atom is 0.233 e. The monoisotopic (exact) mass is 330 g/mol. The van der Waals surface area contributed by atoms with Gasteiger partial charge in [0.05, 0.1) is 18.5 Å². The van der Waals surface area contributed by atoms with Crippen molar-refractivity contribution < 1.29 is 9.53 Å². The third-order valence-electron chi connectivity index (χ3n) is 3.57. The number of aromatic nitrogens is 3. The molecule has 23 heavy (non-hydrogen) atoms. The summed E-state index contributed by atoms with van der Waals surface area (Å²) >= 11 is 1.53. The Morgan fingerprint density at radius 3 is 2.91 bits per heavy atom. The second kappa shape index (κ2) is 7.92. The van der Waals surface area contributed by atoms with E-state index in [1.807, 2.05) is 17.0 Å². The Hall–Kier alpha value is -2.15. The minimum atomic E-state index is -0.0182. The van der Waals surface area contributed by atoms with E-state index in [4.69, 9.17) is 4.74 Å². The van der Waals surface area contributed by atoms with E-state index in [0.717, 1.165) is 24.3 Å². The minimum Gasteiger partial charge on any atom is -0.471 e. The molecule has 1 aliphatic heterocycles. The summed E-state index contributed by atoms with van der Waals surface area (Å²) in [5.74, 6) is 1.08. The van der Waals surface area contributed by atoms with Gasteiger partial charge in [-0.2, -0.15) is 0 Å². The van der Waals surface area contributed by atoms with Crippen LogP contribution in [-0.2, 0) is 4.79 Å². The number of likely N-dealkylation sites (tertiary alicyclic amines) is 1. The topological polar surface area (TPSA) is 68.2 Å². The number of pyridine rings is 1. The van der Waals surface area contributed by atoms with Crippen molar-refractivity contribution in [3.8, 4) is 5.88 Å². The van der Waals surface area contributed by atoms with Gasteiger partial charge in [-0.05, 0) is 25.0 Å². The zero-order valence-electron chi connectivity index (χ0n) is 12.7. The molecular weight excluding hydrogens is 312 g/mol. The lowest BCUT2D eigenvalue weighted by atomic mass is 10.1. The zero-order chi connectivity index (χ0) is 15.9. The van der Waals surface area contributed by atoms with Gasteiger partial charge in [0.15, 0.2) is 0 Å². The van der Waals surface area contributed by atoms with Crippen LogP contribution in [0.15, 0.2) is 48.0 Å². The van der Waals surface area contributed by atoms with Crippen molar-refractivity contribution in [2.45, 2.75) is 23.8 Å². The third kappa shape index (κ3) is 4.66. The highest BCUT2D eigenvalue weighted by molar-refractivity contribution is 8.00. The summed E-state index contributed by atoms with van der Waals surface area (Å²) in [5, 5.41) is 0. The average Bonchev–Trinajstić information content (AvgIpc) is 2.62. The molecule has 6 nitrogen and oxygen atoms in total. The van der Waals surface area contributed by atoms with E-state index in [0.29, 0.717) is 18.2 Å². The fraction of sp³-hybridized carbons (Fsp3) is 0.375. The molecule has 3 heterocycles. The quantitative estimate of drug-likeness (QED) is 0.782. The molecule has 0 N–H and O–H groups in total. The van der Waals surface area contributed by atoms with Crippen molar-refractivity contribution in [2.24, 2.45) is 0 Å². The van der Waals surface area contributed by atoms with Crippen LogP contribution in [0.5, 0.6) is 5.88 Å². The van der Waals surface area contributed by atoms with Crippen LogP contribution < -0.4 is 4.74 Å². The first-order valence-electron chi connectivity index (χ1n) is 7.54. The molecule has 1 aliphatic rings. The molecule has 1 saturated heterocycles. The van der Waals surface area contributed by atoms with E-state index >= 15 is 0 Å². The van der Waals surface area contributed by atoms with Crippen molar-refractivity contribution in [1.29, 1.82) is 0 Å². The highest BCUT2D eigenvalue weighted by Gasteiger charge is 2.25. The number of nitrogens with zero attached hydrogens (tertiary/aromatic N) is 4. The molecule has 0 saturated carbocycles. The number of hydrogen-bond acceptors (Lipinski definition) is 6. The van der Waals surface area contributed by atoms with Gasteiger partial charge in [0.2, 0.25) is 11.8 Å². The maximum atomic E-state index is 12.4. The first-order valence-corrected chi connectivity index (χ1v) is 8.53. The lowest BCUT2D eigenvalue weighted by Gasteiger charge is -2.32. The van der Waals surface area contributed by atoms with Crippen LogP contribution >= 0.6 is 11.8 Å². The molecule has 1 atom stereocenters. The van der Waals surface area contributed by atoms with E-state index in [2.05, 4.69) is 15.0 Å². The normalized spacial score (nSPS) is 17.7. The molecule has 1 unspecified atom stereocenters. The lowest BCUT2D eigenvalue weighted by Crippen LogP contribution is -2.45. The van der Waals surface area contributed by atoms with Gasteiger partial charge < -0.3 is 9.64 Å². The lowest BCUT2D eigenvalue weighted by molar-refractivity contribution is -0.130. The second-order valence-corrected chi connectivity index (χ2v) is 6.29. The summed E-state index contributed by atoms with van der Waals surface area (Å²) in [4.78, 5) is 27.4. The predicted molar refractivity (Wildman–Crippen MR) is 87.2 cm³/mol. The Labute approximate surface area is 139 Å². The third-order valence-corrected chi connectivity index (χ3v) is 4.57. The minimum absolute atomic E-state index is 0.0182. The molecule has 0 bridgehead atoms. The van der Waals surface area contributed by atoms with E-state index in [1.54, 1.807) is 31.0 Å². The first kappa shape index (κ1) is 15.7. The largest absolute Gasteiger partial charge is 0.471 e. The van der Waals surface area contributed by atoms with Crippen LogP contribution in [0, 0.1) is 0 Å². The number of carbonyl (C=O) groups excluding carboxylic acids is 1. The van der Waals surface area contributed by atoms with Crippen molar-refractivity contribution in [3.05, 3.63) is 43.1 Å². The van der Waals surface area contributed by atoms with Gasteiger partial charge in [-0.15, -0.1) is 11.8 Å². The number of hydrogen-bond donors (Lipinski definition) is 0. The van der Waals surface area contributed by atoms with Gasteiger partial charge in [-0.3, -0.25) is 14.8 Å². The Morgan fingerprint density at radius 1 is 1.26 bits per heavy atom. The molecule has 1 fully saturated rings. The molecule has 2 aromatic rings. The van der Waals surface area contributed by atoms with Crippen LogP contribution in [0.25, 0.3) is 0 Å². The van der Waals surface area contributed by atoms with Crippen molar-refractivity contribution in [2.75, 3.05) is 18.8 Å². The summed E-state index contributed by atoms with van der Waals surface area (Å²) in [7, 11) is 0. The predicted octanol–water partition coefficient (Wildman–Crippen LogP) is 2.03. The Kier molecular flexibility index (Phi) is 5.42. The van der Waals surface area contributed by atoms with E-state index < -0.39 is 0 Å². The molecule has 0 spiro atoms. The van der Waals surface area contributed by atoms with Gasteiger partial charge in [-0.25, -0.2) is 4.98 Å². The summed E-state index contributed by atoms with van der Waals surface area (Å²) in [6, 6.07) is 3.82. The fourth-order valence-corrected chi connectivity index (χ4v) is 3.24. The summed E-state index contributed by atoms with van der Waals surface area (Å²) in [6.45, 7) is 1.39. The highest BCUT2D eigenvalue weighted by atomic mass is 32.2. The molecule has 3 rings (SSSR count). The summed E-state index contributed by atoms with van der Waals surface area (Å²) in [6.07, 6.45) is 10.1. The number of thioether (sulfide) groups is 1. The number of ether oxygens (including phenoxy) is 1. The van der Waals surface area contributed by atoms with Crippen LogP contribution in [0.2, 0.25) is 0 Å². The standard InChI is InChI=1S/C16H18N4O2S/c21-16(12-23-14-3-5-17-6-4-14)20-9-1-2-13(11-20)22-15-10-18-7-8-19-15/h3-8,10,13H,1-2,9,11-12H2. The molecule has 1 amide bonds. The van der Waals surface area contributed by atoms with Crippen LogP contribution in [0.3, 0.4) is 0 Å². The van der Waals surface area contributed by atoms with Gasteiger partial charge >= 0.3 is 0 Å². The highest BCUT2D eigenvalue weighted by Crippen LogP contribution is 2.20. The summed E-state index contributed by atoms with van der Waals surface area (Å²) < 4.78 is 5.82. The number of piperidine rings is 1. The molecule has 7 heteroatoms. The number of amides is 1. The van der Waals surface area contributed by atoms with Crippen molar-refractivity contribution in [3.63, 3.8) is 0 Å². The molecule has 0 radical (unpaired) electrons. The average molecular weight is 330 g/mol. The molecule has 0 aliphatic carbocycles. The Bertz CT molecular complexity index is 626. The second-order valence-electron chi connectivity index (χ2n) is 5.24. The number of rotatable bonds is 5. The Morgan fingerprint density at radius 2 is 2.13 bits per heavy atom. The maximum absolute atomic E-state index is 12.4. The van der Waals surface area contributed by atoms with Crippen LogP contribution in [0.1, 0.15) is 12.8 Å². The molecule has 0 aromatic carbocycles. The van der Waals surface area contributed by atoms with Gasteiger partial charge in [0.1, 0.15) is 6.10 Å². The van der Waals surface area contributed by atoms with E-state index in [1.165, 1.54) is 11.8 Å². The molecule has 120 valence electrons. The number of carbonyl (C=O) groups is 1. The van der Waals surface area contributed by atoms with Gasteiger partial charge in [-0.1, -0.05) is 0 Å². The van der Waals surface area contributed by atoms with E-state index in [-0.39, 0.29) is 12.0 Å². The summed E-state index contributed by atoms with van der Waals surface area (Å²) in [5.41, 5.74) is 0. The van der Waals surface area contributed by atoms with Crippen LogP contribution in [-0.4, -0.2) is 50.7 Å². The molecule has 2 aromatic heterocycles.